The van der Waals surface area contributed by atoms with Crippen molar-refractivity contribution in [3.63, 3.8) is 0 Å². The van der Waals surface area contributed by atoms with Crippen molar-refractivity contribution < 1.29 is 13.2 Å². The van der Waals surface area contributed by atoms with Gasteiger partial charge < -0.3 is 0 Å². The molecule has 0 saturated carbocycles. The number of carbonyl (C=O) groups excluding carboxylic acids is 1. The van der Waals surface area contributed by atoms with Gasteiger partial charge in [-0.15, -0.1) is 11.3 Å². The molecule has 0 spiro atoms. The van der Waals surface area contributed by atoms with Crippen LogP contribution >= 0.6 is 27.3 Å². The molecule has 0 fully saturated rings. The van der Waals surface area contributed by atoms with Crippen molar-refractivity contribution >= 4 is 60.2 Å². The Labute approximate surface area is 178 Å². The van der Waals surface area contributed by atoms with Crippen molar-refractivity contribution in [2.45, 2.75) is 44.9 Å². The molecule has 1 atom stereocenters. The molecule has 7 heteroatoms. The summed E-state index contributed by atoms with van der Waals surface area (Å²) < 4.78 is 30.2. The lowest BCUT2D eigenvalue weighted by Crippen LogP contribution is -2.33. The maximum Gasteiger partial charge on any atom is 0.264 e. The molecule has 4 nitrogen and oxygen atoms in total. The average molecular weight is 482 g/mol. The summed E-state index contributed by atoms with van der Waals surface area (Å²) in [6.07, 6.45) is 6.70. The van der Waals surface area contributed by atoms with Crippen LogP contribution in [0.3, 0.4) is 0 Å². The van der Waals surface area contributed by atoms with E-state index >= 15 is 0 Å². The van der Waals surface area contributed by atoms with E-state index in [2.05, 4.69) is 35.0 Å². The lowest BCUT2D eigenvalue weighted by atomic mass is 10.00. The van der Waals surface area contributed by atoms with Gasteiger partial charge in [0.25, 0.3) is 10.0 Å². The number of hydrogen-bond acceptors (Lipinski definition) is 4. The number of sulfonamides is 1. The van der Waals surface area contributed by atoms with Gasteiger partial charge in [-0.25, -0.2) is 8.42 Å². The number of benzene rings is 1. The smallest absolute Gasteiger partial charge is 0.264 e. The molecule has 1 heterocycles. The van der Waals surface area contributed by atoms with E-state index in [1.54, 1.807) is 24.3 Å². The van der Waals surface area contributed by atoms with Crippen LogP contribution in [0, 0.1) is 5.92 Å². The van der Waals surface area contributed by atoms with Gasteiger partial charge in [-0.3, -0.25) is 9.10 Å². The molecule has 1 aromatic carbocycles. The Morgan fingerprint density at radius 3 is 2.57 bits per heavy atom. The van der Waals surface area contributed by atoms with Gasteiger partial charge in [0, 0.05) is 20.8 Å². The van der Waals surface area contributed by atoms with Gasteiger partial charge in [0.05, 0.1) is 10.5 Å². The monoisotopic (exact) mass is 481 g/mol. The lowest BCUT2D eigenvalue weighted by Gasteiger charge is -2.24. The number of nitrogens with zero attached hydrogens (tertiary/aromatic N) is 1. The number of anilines is 1. The van der Waals surface area contributed by atoms with Crippen LogP contribution in [0.1, 0.15) is 50.4 Å². The summed E-state index contributed by atoms with van der Waals surface area (Å²) in [5.41, 5.74) is 0.527. The number of Topliss-reactive ketones (excluding diaryl/α,β-unsaturated/α-hetero) is 1. The minimum atomic E-state index is -3.77. The molecule has 0 aliphatic heterocycles. The number of halogens is 1. The Bertz CT molecular complexity index is 1100. The summed E-state index contributed by atoms with van der Waals surface area (Å²) in [6.45, 7) is 6.00. The first-order chi connectivity index (χ1) is 13.3. The maximum absolute atomic E-state index is 13.5. The molecule has 0 N–H and O–H groups in total. The number of fused-ring (bicyclic) bond motifs is 1. The number of thiophene rings is 1. The largest absolute Gasteiger partial charge is 0.294 e. The molecule has 1 aromatic heterocycles. The van der Waals surface area contributed by atoms with Crippen LogP contribution in [-0.2, 0) is 10.0 Å². The van der Waals surface area contributed by atoms with Crippen LogP contribution < -0.4 is 14.1 Å². The van der Waals surface area contributed by atoms with Gasteiger partial charge in [0.2, 0.25) is 0 Å². The summed E-state index contributed by atoms with van der Waals surface area (Å²) in [6, 6.07) is 6.64. The zero-order valence-electron chi connectivity index (χ0n) is 16.2. The Morgan fingerprint density at radius 2 is 1.96 bits per heavy atom. The van der Waals surface area contributed by atoms with Gasteiger partial charge in [-0.1, -0.05) is 48.4 Å². The first-order valence-electron chi connectivity index (χ1n) is 9.39. The summed E-state index contributed by atoms with van der Waals surface area (Å²) in [5.74, 6) is 0.235. The summed E-state index contributed by atoms with van der Waals surface area (Å²) in [4.78, 5) is 12.8. The number of ketones is 1. The third-order valence-electron chi connectivity index (χ3n) is 4.78. The van der Waals surface area contributed by atoms with Crippen molar-refractivity contribution in [1.82, 2.24) is 0 Å². The zero-order valence-corrected chi connectivity index (χ0v) is 19.5. The van der Waals surface area contributed by atoms with Crippen LogP contribution in [-0.4, -0.2) is 20.7 Å². The molecule has 2 aromatic rings. The second kappa shape index (κ2) is 8.51. The fraction of sp³-hybridized carbons (Fsp3) is 0.381. The van der Waals surface area contributed by atoms with Crippen LogP contribution in [0.15, 0.2) is 33.6 Å². The molecule has 28 heavy (non-hydrogen) atoms. The van der Waals surface area contributed by atoms with Crippen molar-refractivity contribution in [2.75, 3.05) is 10.8 Å². The molecule has 1 aliphatic carbocycles. The molecule has 0 amide bonds. The third kappa shape index (κ3) is 4.11. The SMILES string of the molecule is CCCCN(c1sc2c(c1C(C)=O)=CC(C)CC=2)S(=O)(=O)c1ccc(Br)cc1. The minimum absolute atomic E-state index is 0.0984. The number of unbranched alkanes of at least 4 members (excludes halogenated alkanes) is 1. The van der Waals surface area contributed by atoms with E-state index in [0.29, 0.717) is 23.0 Å². The second-order valence-electron chi connectivity index (χ2n) is 7.08. The molecule has 1 unspecified atom stereocenters. The second-order valence-corrected chi connectivity index (χ2v) is 10.9. The molecule has 1 aliphatic rings. The van der Waals surface area contributed by atoms with E-state index < -0.39 is 10.0 Å². The highest BCUT2D eigenvalue weighted by molar-refractivity contribution is 9.10. The van der Waals surface area contributed by atoms with E-state index in [1.807, 2.05) is 6.92 Å². The fourth-order valence-corrected chi connectivity index (χ4v) is 6.59. The molecule has 150 valence electrons. The normalized spacial score (nSPS) is 16.1. The minimum Gasteiger partial charge on any atom is -0.294 e. The standard InChI is InChI=1S/C21H24BrNO3S2/c1-4-5-12-23(28(25,26)17-9-7-16(22)8-10-17)21-20(15(3)24)18-13-14(2)6-11-19(18)27-21/h7-11,13-14H,4-6,12H2,1-3H3. The lowest BCUT2D eigenvalue weighted by molar-refractivity contribution is 0.101. The molecule has 0 saturated heterocycles. The predicted octanol–water partition coefficient (Wildman–Crippen LogP) is 4.31. The van der Waals surface area contributed by atoms with Crippen molar-refractivity contribution in [2.24, 2.45) is 5.92 Å². The van der Waals surface area contributed by atoms with Crippen LogP contribution in [0.2, 0.25) is 0 Å². The van der Waals surface area contributed by atoms with Gasteiger partial charge in [-0.2, -0.15) is 0 Å². The van der Waals surface area contributed by atoms with E-state index in [9.17, 15) is 13.2 Å². The molecular formula is C21H24BrNO3S2. The molecule has 3 rings (SSSR count). The maximum atomic E-state index is 13.5. The quantitative estimate of drug-likeness (QED) is 0.553. The average Bonchev–Trinajstić information content (AvgIpc) is 3.00. The highest BCUT2D eigenvalue weighted by Crippen LogP contribution is 2.30. The van der Waals surface area contributed by atoms with Gasteiger partial charge >= 0.3 is 0 Å². The van der Waals surface area contributed by atoms with Crippen LogP contribution in [0.5, 0.6) is 0 Å². The molecular weight excluding hydrogens is 458 g/mol. The van der Waals surface area contributed by atoms with Crippen molar-refractivity contribution in [3.05, 3.63) is 44.1 Å². The Hall–Kier alpha value is -1.44. The van der Waals surface area contributed by atoms with Crippen LogP contribution in [0.4, 0.5) is 5.00 Å². The van der Waals surface area contributed by atoms with E-state index in [-0.39, 0.29) is 10.7 Å². The van der Waals surface area contributed by atoms with E-state index in [1.165, 1.54) is 22.6 Å². The highest BCUT2D eigenvalue weighted by Gasteiger charge is 2.30. The number of rotatable bonds is 7. The number of hydrogen-bond donors (Lipinski definition) is 0. The van der Waals surface area contributed by atoms with Crippen LogP contribution in [0.25, 0.3) is 12.2 Å². The third-order valence-corrected chi connectivity index (χ3v) is 8.46. The zero-order chi connectivity index (χ0) is 20.5. The highest BCUT2D eigenvalue weighted by atomic mass is 79.9. The topological polar surface area (TPSA) is 54.5 Å². The Kier molecular flexibility index (Phi) is 6.47. The van der Waals surface area contributed by atoms with Gasteiger partial charge in [0.15, 0.2) is 5.78 Å². The predicted molar refractivity (Wildman–Crippen MR) is 120 cm³/mol. The molecule has 0 bridgehead atoms. The van der Waals surface area contributed by atoms with E-state index in [4.69, 9.17) is 0 Å². The first-order valence-corrected chi connectivity index (χ1v) is 12.4. The van der Waals surface area contributed by atoms with Gasteiger partial charge in [0.1, 0.15) is 5.00 Å². The van der Waals surface area contributed by atoms with Crippen molar-refractivity contribution in [1.29, 1.82) is 0 Å². The number of carbonyl (C=O) groups is 1. The Balaban J connectivity index is 2.23. The first kappa shape index (κ1) is 21.3. The summed E-state index contributed by atoms with van der Waals surface area (Å²) in [5, 5.41) is 1.43. The summed E-state index contributed by atoms with van der Waals surface area (Å²) >= 11 is 4.76. The van der Waals surface area contributed by atoms with E-state index in [0.717, 1.165) is 33.5 Å². The summed E-state index contributed by atoms with van der Waals surface area (Å²) in [7, 11) is -3.77. The molecule has 0 radical (unpaired) electrons. The van der Waals surface area contributed by atoms with Crippen molar-refractivity contribution in [3.8, 4) is 0 Å². The van der Waals surface area contributed by atoms with Gasteiger partial charge in [-0.05, 0) is 49.9 Å². The Morgan fingerprint density at radius 1 is 1.29 bits per heavy atom. The fourth-order valence-electron chi connectivity index (χ4n) is 3.29.